The van der Waals surface area contributed by atoms with Gasteiger partial charge in [-0.25, -0.2) is 0 Å². The summed E-state index contributed by atoms with van der Waals surface area (Å²) < 4.78 is 10.8. The molecule has 0 bridgehead atoms. The third kappa shape index (κ3) is 2.08. The molecule has 3 aromatic rings. The summed E-state index contributed by atoms with van der Waals surface area (Å²) in [4.78, 5) is 12.2. The van der Waals surface area contributed by atoms with E-state index in [-0.39, 0.29) is 33.6 Å². The predicted molar refractivity (Wildman–Crippen MR) is 80.5 cm³/mol. The number of fused-ring (bicyclic) bond motifs is 1. The number of hydrogen-bond donors (Lipinski definition) is 2. The highest BCUT2D eigenvalue weighted by Gasteiger charge is 2.16. The van der Waals surface area contributed by atoms with Crippen molar-refractivity contribution < 1.29 is 14.3 Å². The van der Waals surface area contributed by atoms with Crippen molar-refractivity contribution in [3.8, 4) is 22.8 Å². The fraction of sp³-hybridized carbons (Fsp3) is 0.0625. The molecule has 0 fully saturated rings. The molecule has 2 aromatic carbocycles. The molecule has 3 rings (SSSR count). The van der Waals surface area contributed by atoms with Crippen molar-refractivity contribution >= 4 is 16.7 Å². The van der Waals surface area contributed by atoms with Gasteiger partial charge in [-0.1, -0.05) is 30.3 Å². The fourth-order valence-corrected chi connectivity index (χ4v) is 2.21. The van der Waals surface area contributed by atoms with Crippen LogP contribution < -0.4 is 15.9 Å². The molecular formula is C16H13NO4. The van der Waals surface area contributed by atoms with E-state index in [1.165, 1.54) is 19.2 Å². The third-order valence-electron chi connectivity index (χ3n) is 3.27. The molecule has 0 aliphatic carbocycles. The number of ether oxygens (including phenoxy) is 1. The van der Waals surface area contributed by atoms with E-state index in [4.69, 9.17) is 14.9 Å². The normalized spacial score (nSPS) is 10.7. The number of hydrogen-bond acceptors (Lipinski definition) is 5. The number of benzene rings is 2. The zero-order chi connectivity index (χ0) is 15.0. The predicted octanol–water partition coefficient (Wildman–Crippen LogP) is 2.76. The van der Waals surface area contributed by atoms with Gasteiger partial charge < -0.3 is 20.0 Å². The van der Waals surface area contributed by atoms with Gasteiger partial charge >= 0.3 is 0 Å². The Hall–Kier alpha value is -2.95. The van der Waals surface area contributed by atoms with Crippen LogP contribution in [0.5, 0.6) is 11.5 Å². The van der Waals surface area contributed by atoms with Gasteiger partial charge in [0.2, 0.25) is 0 Å². The van der Waals surface area contributed by atoms with E-state index in [1.807, 2.05) is 30.3 Å². The lowest BCUT2D eigenvalue weighted by Crippen LogP contribution is -2.03. The van der Waals surface area contributed by atoms with Crippen LogP contribution in [0.15, 0.2) is 51.7 Å². The Kier molecular flexibility index (Phi) is 3.02. The smallest absolute Gasteiger partial charge is 0.197 e. The highest BCUT2D eigenvalue weighted by Crippen LogP contribution is 2.37. The number of phenols is 1. The average molecular weight is 283 g/mol. The number of nitrogens with two attached hydrogens (primary N) is 1. The van der Waals surface area contributed by atoms with Crippen LogP contribution in [0.3, 0.4) is 0 Å². The van der Waals surface area contributed by atoms with Gasteiger partial charge in [0, 0.05) is 17.7 Å². The Morgan fingerprint density at radius 1 is 1.19 bits per heavy atom. The van der Waals surface area contributed by atoms with Crippen molar-refractivity contribution in [3.05, 3.63) is 52.7 Å². The van der Waals surface area contributed by atoms with E-state index in [0.717, 1.165) is 5.56 Å². The first-order valence-corrected chi connectivity index (χ1v) is 6.30. The van der Waals surface area contributed by atoms with Gasteiger partial charge in [-0.05, 0) is 0 Å². The first-order valence-electron chi connectivity index (χ1n) is 6.30. The zero-order valence-electron chi connectivity index (χ0n) is 11.3. The molecule has 0 saturated heterocycles. The van der Waals surface area contributed by atoms with Crippen molar-refractivity contribution in [1.29, 1.82) is 0 Å². The van der Waals surface area contributed by atoms with E-state index >= 15 is 0 Å². The maximum absolute atomic E-state index is 12.2. The largest absolute Gasteiger partial charge is 0.505 e. The molecule has 5 heteroatoms. The Morgan fingerprint density at radius 2 is 1.90 bits per heavy atom. The quantitative estimate of drug-likeness (QED) is 0.558. The number of aromatic hydroxyl groups is 1. The summed E-state index contributed by atoms with van der Waals surface area (Å²) in [7, 11) is 1.43. The lowest BCUT2D eigenvalue weighted by molar-refractivity contribution is 0.411. The topological polar surface area (TPSA) is 85.7 Å². The molecule has 0 atom stereocenters. The van der Waals surface area contributed by atoms with Crippen molar-refractivity contribution in [2.75, 3.05) is 12.8 Å². The Morgan fingerprint density at radius 3 is 2.57 bits per heavy atom. The van der Waals surface area contributed by atoms with Gasteiger partial charge in [-0.2, -0.15) is 0 Å². The van der Waals surface area contributed by atoms with Gasteiger partial charge in [-0.15, -0.1) is 0 Å². The van der Waals surface area contributed by atoms with Crippen molar-refractivity contribution in [2.45, 2.75) is 0 Å². The van der Waals surface area contributed by atoms with E-state index in [1.54, 1.807) is 0 Å². The summed E-state index contributed by atoms with van der Waals surface area (Å²) in [6.45, 7) is 0. The van der Waals surface area contributed by atoms with Crippen LogP contribution in [-0.2, 0) is 0 Å². The molecule has 1 heterocycles. The Balaban J connectivity index is 2.35. The van der Waals surface area contributed by atoms with Gasteiger partial charge in [0.05, 0.1) is 7.11 Å². The van der Waals surface area contributed by atoms with Gasteiger partial charge in [0.1, 0.15) is 28.2 Å². The van der Waals surface area contributed by atoms with Crippen molar-refractivity contribution in [3.63, 3.8) is 0 Å². The standard InChI is InChI=1S/C16H13NO4/c1-20-13-8-12-14(16(19)15(13)17)10(18)7-11(21-12)9-5-3-2-4-6-9/h2-8,19H,17H2,1H3. The molecule has 3 N–H and O–H groups in total. The van der Waals surface area contributed by atoms with Crippen molar-refractivity contribution in [2.24, 2.45) is 0 Å². The van der Waals surface area contributed by atoms with Crippen LogP contribution in [0.25, 0.3) is 22.3 Å². The number of methoxy groups -OCH3 is 1. The molecule has 0 unspecified atom stereocenters. The van der Waals surface area contributed by atoms with Gasteiger partial charge in [0.25, 0.3) is 0 Å². The minimum absolute atomic E-state index is 0.0183. The first-order chi connectivity index (χ1) is 10.1. The maximum atomic E-state index is 12.2. The molecule has 0 aliphatic heterocycles. The van der Waals surface area contributed by atoms with Crippen molar-refractivity contribution in [1.82, 2.24) is 0 Å². The fourth-order valence-electron chi connectivity index (χ4n) is 2.21. The van der Waals surface area contributed by atoms with Crippen LogP contribution >= 0.6 is 0 Å². The number of rotatable bonds is 2. The summed E-state index contributed by atoms with van der Waals surface area (Å²) in [5.41, 5.74) is 6.38. The molecule has 0 amide bonds. The molecule has 106 valence electrons. The second kappa shape index (κ2) is 4.86. The minimum Gasteiger partial charge on any atom is -0.505 e. The van der Waals surface area contributed by atoms with Crippen LogP contribution in [-0.4, -0.2) is 12.2 Å². The molecular weight excluding hydrogens is 270 g/mol. The van der Waals surface area contributed by atoms with E-state index in [2.05, 4.69) is 0 Å². The molecule has 0 spiro atoms. The zero-order valence-corrected chi connectivity index (χ0v) is 11.3. The van der Waals surface area contributed by atoms with Crippen LogP contribution in [0.1, 0.15) is 0 Å². The molecule has 0 aliphatic rings. The third-order valence-corrected chi connectivity index (χ3v) is 3.27. The summed E-state index contributed by atoms with van der Waals surface area (Å²) in [5.74, 6) is 0.352. The summed E-state index contributed by atoms with van der Waals surface area (Å²) in [6, 6.07) is 12.1. The van der Waals surface area contributed by atoms with E-state index in [9.17, 15) is 9.90 Å². The molecule has 0 saturated carbocycles. The van der Waals surface area contributed by atoms with Crippen LogP contribution in [0, 0.1) is 0 Å². The van der Waals surface area contributed by atoms with E-state index < -0.39 is 0 Å². The lowest BCUT2D eigenvalue weighted by Gasteiger charge is -2.09. The SMILES string of the molecule is COc1cc2oc(-c3ccccc3)cc(=O)c2c(O)c1N. The second-order valence-electron chi connectivity index (χ2n) is 4.56. The lowest BCUT2D eigenvalue weighted by atomic mass is 10.1. The van der Waals surface area contributed by atoms with Crippen LogP contribution in [0.4, 0.5) is 5.69 Å². The highest BCUT2D eigenvalue weighted by molar-refractivity contribution is 5.92. The second-order valence-corrected chi connectivity index (χ2v) is 4.56. The monoisotopic (exact) mass is 283 g/mol. The maximum Gasteiger partial charge on any atom is 0.197 e. The van der Waals surface area contributed by atoms with E-state index in [0.29, 0.717) is 5.76 Å². The van der Waals surface area contributed by atoms with Gasteiger partial charge in [0.15, 0.2) is 11.2 Å². The molecule has 0 radical (unpaired) electrons. The Bertz CT molecular complexity index is 869. The van der Waals surface area contributed by atoms with Crippen LogP contribution in [0.2, 0.25) is 0 Å². The summed E-state index contributed by atoms with van der Waals surface area (Å²) in [5, 5.41) is 10.1. The highest BCUT2D eigenvalue weighted by atomic mass is 16.5. The molecule has 5 nitrogen and oxygen atoms in total. The number of nitrogen functional groups attached to an aromatic ring is 1. The number of phenolic OH excluding ortho intramolecular Hbond substituents is 1. The number of anilines is 1. The average Bonchev–Trinajstić information content (AvgIpc) is 2.51. The summed E-state index contributed by atoms with van der Waals surface area (Å²) in [6.07, 6.45) is 0. The first kappa shape index (κ1) is 13.1. The molecule has 21 heavy (non-hydrogen) atoms. The van der Waals surface area contributed by atoms with Gasteiger partial charge in [-0.3, -0.25) is 4.79 Å². The minimum atomic E-state index is -0.359. The summed E-state index contributed by atoms with van der Waals surface area (Å²) >= 11 is 0. The Labute approximate surface area is 120 Å². The molecule has 1 aromatic heterocycles.